The molecule has 0 aliphatic carbocycles. The molecule has 10 heteroatoms. The number of fused-ring (bicyclic) bond motifs is 3. The highest BCUT2D eigenvalue weighted by Gasteiger charge is 2.32. The van der Waals surface area contributed by atoms with Crippen LogP contribution in [0.15, 0.2) is 4.99 Å². The maximum Gasteiger partial charge on any atom is 0.236 e. The molecule has 1 N–H and O–H groups in total. The molecule has 2 bridgehead atoms. The third-order valence-corrected chi connectivity index (χ3v) is 6.57. The number of hydrogen-bond acceptors (Lipinski definition) is 6. The van der Waals surface area contributed by atoms with Gasteiger partial charge in [0.2, 0.25) is 5.91 Å². The number of carbonyl (C=O) groups is 1. The number of halogens is 1. The largest absolute Gasteiger partial charge is 0.378 e. The van der Waals surface area contributed by atoms with E-state index in [2.05, 4.69) is 31.8 Å². The minimum Gasteiger partial charge on any atom is -0.378 e. The van der Waals surface area contributed by atoms with Crippen LogP contribution in [0.5, 0.6) is 0 Å². The quantitative estimate of drug-likeness (QED) is 0.277. The summed E-state index contributed by atoms with van der Waals surface area (Å²) in [5.41, 5.74) is 0. The van der Waals surface area contributed by atoms with Crippen molar-refractivity contribution >= 4 is 35.8 Å². The lowest BCUT2D eigenvalue weighted by molar-refractivity contribution is -0.136. The van der Waals surface area contributed by atoms with E-state index in [0.29, 0.717) is 25.8 Å². The average Bonchev–Trinajstić information content (AvgIpc) is 2.78. The first-order valence-corrected chi connectivity index (χ1v) is 11.3. The van der Waals surface area contributed by atoms with Gasteiger partial charge in [0.05, 0.1) is 26.3 Å². The summed E-state index contributed by atoms with van der Waals surface area (Å²) in [6.07, 6.45) is 0. The summed E-state index contributed by atoms with van der Waals surface area (Å²) in [6, 6.07) is 0.554. The van der Waals surface area contributed by atoms with Gasteiger partial charge in [-0.1, -0.05) is 0 Å². The zero-order valence-electron chi connectivity index (χ0n) is 18.3. The smallest absolute Gasteiger partial charge is 0.236 e. The van der Waals surface area contributed by atoms with Gasteiger partial charge in [0, 0.05) is 84.6 Å². The van der Waals surface area contributed by atoms with Crippen LogP contribution in [-0.4, -0.2) is 147 Å². The molecule has 30 heavy (non-hydrogen) atoms. The number of guanidine groups is 1. The SMILES string of the molecule is CCNC(=NCC1CN2CCN1CC2)N1CCN(CC(=O)N2CCOCC2)CC1.I. The van der Waals surface area contributed by atoms with E-state index in [4.69, 9.17) is 9.73 Å². The van der Waals surface area contributed by atoms with Gasteiger partial charge >= 0.3 is 0 Å². The fourth-order valence-corrected chi connectivity index (χ4v) is 4.74. The van der Waals surface area contributed by atoms with Crippen molar-refractivity contribution in [2.24, 2.45) is 4.99 Å². The van der Waals surface area contributed by atoms with Crippen LogP contribution in [0.4, 0.5) is 0 Å². The number of morpholine rings is 1. The van der Waals surface area contributed by atoms with Gasteiger partial charge in [0.15, 0.2) is 5.96 Å². The number of carbonyl (C=O) groups excluding carboxylic acids is 1. The first kappa shape index (κ1) is 24.0. The topological polar surface area (TPSA) is 66.9 Å². The first-order valence-electron chi connectivity index (χ1n) is 11.3. The van der Waals surface area contributed by atoms with Crippen LogP contribution in [0.3, 0.4) is 0 Å². The van der Waals surface area contributed by atoms with Gasteiger partial charge < -0.3 is 19.9 Å². The maximum absolute atomic E-state index is 12.5. The Morgan fingerprint density at radius 1 is 0.967 bits per heavy atom. The summed E-state index contributed by atoms with van der Waals surface area (Å²) in [5, 5.41) is 3.48. The molecule has 0 spiro atoms. The van der Waals surface area contributed by atoms with Gasteiger partial charge in [-0.3, -0.25) is 24.5 Å². The Morgan fingerprint density at radius 2 is 1.67 bits per heavy atom. The number of rotatable bonds is 5. The molecular weight excluding hydrogens is 497 g/mol. The number of piperazine rings is 4. The van der Waals surface area contributed by atoms with Crippen LogP contribution < -0.4 is 5.32 Å². The fraction of sp³-hybridized carbons (Fsp3) is 0.900. The first-order chi connectivity index (χ1) is 14.2. The van der Waals surface area contributed by atoms with E-state index in [1.807, 2.05) is 4.90 Å². The lowest BCUT2D eigenvalue weighted by Gasteiger charge is -2.47. The molecule has 5 aliphatic heterocycles. The van der Waals surface area contributed by atoms with Crippen LogP contribution in [0, 0.1) is 0 Å². The highest BCUT2D eigenvalue weighted by Crippen LogP contribution is 2.16. The summed E-state index contributed by atoms with van der Waals surface area (Å²) in [5.74, 6) is 1.27. The molecule has 1 amide bonds. The Morgan fingerprint density at radius 3 is 2.27 bits per heavy atom. The number of ether oxygens (including phenoxy) is 1. The van der Waals surface area contributed by atoms with E-state index in [1.165, 1.54) is 26.2 Å². The minimum atomic E-state index is 0. The average molecular weight is 535 g/mol. The molecule has 0 saturated carbocycles. The molecule has 9 nitrogen and oxygen atoms in total. The molecule has 5 rings (SSSR count). The number of nitrogens with one attached hydrogen (secondary N) is 1. The standard InChI is InChI=1S/C20H37N7O2.HI/c1-2-21-20(22-15-18-16-23-3-7-25(18)8-4-23)27-9-5-24(6-10-27)17-19(28)26-11-13-29-14-12-26;/h18H,2-17H2,1H3,(H,21,22);1H. The predicted octanol–water partition coefficient (Wildman–Crippen LogP) is -0.954. The van der Waals surface area contributed by atoms with Crippen molar-refractivity contribution in [3.63, 3.8) is 0 Å². The molecule has 1 unspecified atom stereocenters. The molecular formula is C20H38IN7O2. The highest BCUT2D eigenvalue weighted by atomic mass is 127. The van der Waals surface area contributed by atoms with Gasteiger partial charge in [-0.2, -0.15) is 0 Å². The van der Waals surface area contributed by atoms with Crippen LogP contribution in [0.1, 0.15) is 6.92 Å². The fourth-order valence-electron chi connectivity index (χ4n) is 4.74. The molecule has 0 radical (unpaired) electrons. The molecule has 5 fully saturated rings. The van der Waals surface area contributed by atoms with E-state index in [0.717, 1.165) is 64.9 Å². The van der Waals surface area contributed by atoms with Crippen LogP contribution >= 0.6 is 24.0 Å². The van der Waals surface area contributed by atoms with Gasteiger partial charge in [-0.25, -0.2) is 0 Å². The lowest BCUT2D eigenvalue weighted by Crippen LogP contribution is -2.62. The lowest BCUT2D eigenvalue weighted by atomic mass is 10.1. The molecule has 0 aromatic rings. The summed E-state index contributed by atoms with van der Waals surface area (Å²) in [4.78, 5) is 29.2. The summed E-state index contributed by atoms with van der Waals surface area (Å²) < 4.78 is 5.35. The zero-order chi connectivity index (χ0) is 20.1. The van der Waals surface area contributed by atoms with Crippen molar-refractivity contribution in [3.05, 3.63) is 0 Å². The Labute approximate surface area is 197 Å². The van der Waals surface area contributed by atoms with Crippen molar-refractivity contribution in [1.29, 1.82) is 0 Å². The predicted molar refractivity (Wildman–Crippen MR) is 129 cm³/mol. The van der Waals surface area contributed by atoms with Crippen LogP contribution in [-0.2, 0) is 9.53 Å². The summed E-state index contributed by atoms with van der Waals surface area (Å²) in [6.45, 7) is 16.8. The van der Waals surface area contributed by atoms with Crippen LogP contribution in [0.2, 0.25) is 0 Å². The van der Waals surface area contributed by atoms with E-state index < -0.39 is 0 Å². The Balaban J connectivity index is 0.00000256. The molecule has 1 atom stereocenters. The molecule has 5 heterocycles. The summed E-state index contributed by atoms with van der Waals surface area (Å²) in [7, 11) is 0. The number of nitrogens with zero attached hydrogens (tertiary/aromatic N) is 6. The number of aliphatic imine (C=N–C) groups is 1. The highest BCUT2D eigenvalue weighted by molar-refractivity contribution is 14.0. The van der Waals surface area contributed by atoms with Crippen molar-refractivity contribution in [2.45, 2.75) is 13.0 Å². The van der Waals surface area contributed by atoms with Gasteiger partial charge in [0.25, 0.3) is 0 Å². The van der Waals surface area contributed by atoms with Crippen molar-refractivity contribution in [1.82, 2.24) is 29.8 Å². The third kappa shape index (κ3) is 6.18. The second kappa shape index (κ2) is 11.8. The Bertz CT molecular complexity index is 572. The normalized spacial score (nSPS) is 30.2. The van der Waals surface area contributed by atoms with E-state index in [9.17, 15) is 4.79 Å². The summed E-state index contributed by atoms with van der Waals surface area (Å²) >= 11 is 0. The van der Waals surface area contributed by atoms with Crippen molar-refractivity contribution in [2.75, 3.05) is 105 Å². The monoisotopic (exact) mass is 535 g/mol. The maximum atomic E-state index is 12.5. The van der Waals surface area contributed by atoms with Crippen molar-refractivity contribution < 1.29 is 9.53 Å². The van der Waals surface area contributed by atoms with Gasteiger partial charge in [-0.05, 0) is 6.92 Å². The molecule has 172 valence electrons. The Hall–Kier alpha value is -0.690. The number of hydrogen-bond donors (Lipinski definition) is 1. The van der Waals surface area contributed by atoms with Crippen molar-refractivity contribution in [3.8, 4) is 0 Å². The second-order valence-electron chi connectivity index (χ2n) is 8.44. The van der Waals surface area contributed by atoms with Gasteiger partial charge in [-0.15, -0.1) is 24.0 Å². The molecule has 0 aromatic heterocycles. The van der Waals surface area contributed by atoms with E-state index in [1.54, 1.807) is 0 Å². The zero-order valence-corrected chi connectivity index (χ0v) is 20.6. The second-order valence-corrected chi connectivity index (χ2v) is 8.44. The van der Waals surface area contributed by atoms with Crippen LogP contribution in [0.25, 0.3) is 0 Å². The number of amides is 1. The van der Waals surface area contributed by atoms with E-state index in [-0.39, 0.29) is 29.9 Å². The minimum absolute atomic E-state index is 0. The molecule has 5 saturated heterocycles. The molecule has 0 aromatic carbocycles. The third-order valence-electron chi connectivity index (χ3n) is 6.57. The van der Waals surface area contributed by atoms with E-state index >= 15 is 0 Å². The van der Waals surface area contributed by atoms with Gasteiger partial charge in [0.1, 0.15) is 0 Å². The Kier molecular flexibility index (Phi) is 9.42. The molecule has 5 aliphatic rings.